The van der Waals surface area contributed by atoms with Gasteiger partial charge in [-0.1, -0.05) is 12.8 Å². The Labute approximate surface area is 106 Å². The van der Waals surface area contributed by atoms with Crippen LogP contribution < -0.4 is 5.73 Å². The van der Waals surface area contributed by atoms with Crippen LogP contribution in [0.2, 0.25) is 0 Å². The molecule has 0 aromatic carbocycles. The van der Waals surface area contributed by atoms with Gasteiger partial charge in [0.05, 0.1) is 0 Å². The predicted molar refractivity (Wildman–Crippen MR) is 71.9 cm³/mol. The van der Waals surface area contributed by atoms with E-state index in [4.69, 9.17) is 5.73 Å². The van der Waals surface area contributed by atoms with E-state index in [0.717, 1.165) is 17.9 Å². The summed E-state index contributed by atoms with van der Waals surface area (Å²) < 4.78 is 0. The highest BCUT2D eigenvalue weighted by molar-refractivity contribution is 4.89. The smallest absolute Gasteiger partial charge is 0.0123 e. The van der Waals surface area contributed by atoms with Crippen molar-refractivity contribution in [2.45, 2.75) is 69.9 Å². The monoisotopic (exact) mass is 236 g/mol. The Kier molecular flexibility index (Phi) is 3.72. The van der Waals surface area contributed by atoms with Gasteiger partial charge in [0.1, 0.15) is 0 Å². The number of hydrogen-bond donors (Lipinski definition) is 1. The van der Waals surface area contributed by atoms with Crippen LogP contribution in [-0.4, -0.2) is 30.1 Å². The van der Waals surface area contributed by atoms with E-state index < -0.39 is 0 Å². The molecule has 2 nitrogen and oxygen atoms in total. The van der Waals surface area contributed by atoms with Crippen molar-refractivity contribution in [1.82, 2.24) is 4.90 Å². The number of piperidine rings is 1. The van der Waals surface area contributed by atoms with Crippen LogP contribution >= 0.6 is 0 Å². The highest BCUT2D eigenvalue weighted by Gasteiger charge is 2.34. The molecule has 1 unspecified atom stereocenters. The SMILES string of the molecule is NC(CCN1CCC[C@H]2CCCC[C@H]21)C1CC1. The molecule has 17 heavy (non-hydrogen) atoms. The van der Waals surface area contributed by atoms with Gasteiger partial charge >= 0.3 is 0 Å². The third-order valence-corrected chi connectivity index (χ3v) is 5.34. The van der Waals surface area contributed by atoms with E-state index >= 15 is 0 Å². The molecule has 3 fully saturated rings. The minimum Gasteiger partial charge on any atom is -0.327 e. The number of fused-ring (bicyclic) bond motifs is 1. The van der Waals surface area contributed by atoms with E-state index in [-0.39, 0.29) is 0 Å². The Balaban J connectivity index is 1.50. The van der Waals surface area contributed by atoms with Crippen molar-refractivity contribution in [2.75, 3.05) is 13.1 Å². The summed E-state index contributed by atoms with van der Waals surface area (Å²) in [6.07, 6.45) is 12.9. The maximum atomic E-state index is 6.24. The van der Waals surface area contributed by atoms with E-state index in [9.17, 15) is 0 Å². The molecule has 3 rings (SSSR count). The van der Waals surface area contributed by atoms with Crippen molar-refractivity contribution in [3.63, 3.8) is 0 Å². The van der Waals surface area contributed by atoms with E-state index in [1.165, 1.54) is 70.9 Å². The lowest BCUT2D eigenvalue weighted by Crippen LogP contribution is -2.48. The first-order chi connectivity index (χ1) is 8.34. The molecular formula is C15H28N2. The summed E-state index contributed by atoms with van der Waals surface area (Å²) in [7, 11) is 0. The largest absolute Gasteiger partial charge is 0.327 e. The van der Waals surface area contributed by atoms with Gasteiger partial charge in [0.15, 0.2) is 0 Å². The quantitative estimate of drug-likeness (QED) is 0.813. The molecule has 2 aliphatic carbocycles. The van der Waals surface area contributed by atoms with Gasteiger partial charge in [-0.05, 0) is 69.9 Å². The zero-order valence-electron chi connectivity index (χ0n) is 11.1. The molecule has 0 bridgehead atoms. The highest BCUT2D eigenvalue weighted by atomic mass is 15.2. The first kappa shape index (κ1) is 12.0. The average molecular weight is 236 g/mol. The van der Waals surface area contributed by atoms with Gasteiger partial charge in [0, 0.05) is 12.1 Å². The number of nitrogens with two attached hydrogens (primary N) is 1. The molecule has 0 radical (unpaired) electrons. The number of hydrogen-bond acceptors (Lipinski definition) is 2. The molecular weight excluding hydrogens is 208 g/mol. The maximum Gasteiger partial charge on any atom is 0.0123 e. The van der Waals surface area contributed by atoms with Gasteiger partial charge in [-0.2, -0.15) is 0 Å². The summed E-state index contributed by atoms with van der Waals surface area (Å²) in [6.45, 7) is 2.62. The van der Waals surface area contributed by atoms with Crippen LogP contribution in [0.5, 0.6) is 0 Å². The molecule has 2 N–H and O–H groups in total. The van der Waals surface area contributed by atoms with Crippen LogP contribution in [-0.2, 0) is 0 Å². The lowest BCUT2D eigenvalue weighted by molar-refractivity contribution is 0.0581. The minimum absolute atomic E-state index is 0.499. The molecule has 2 heteroatoms. The number of nitrogens with zero attached hydrogens (tertiary/aromatic N) is 1. The maximum absolute atomic E-state index is 6.24. The van der Waals surface area contributed by atoms with Crippen molar-refractivity contribution in [1.29, 1.82) is 0 Å². The van der Waals surface area contributed by atoms with Crippen molar-refractivity contribution in [3.05, 3.63) is 0 Å². The second-order valence-electron chi connectivity index (χ2n) is 6.58. The Morgan fingerprint density at radius 3 is 2.59 bits per heavy atom. The summed E-state index contributed by atoms with van der Waals surface area (Å²) in [5.41, 5.74) is 6.24. The molecule has 0 amide bonds. The van der Waals surface area contributed by atoms with Crippen molar-refractivity contribution in [3.8, 4) is 0 Å². The van der Waals surface area contributed by atoms with Crippen molar-refractivity contribution in [2.24, 2.45) is 17.6 Å². The summed E-state index contributed by atoms with van der Waals surface area (Å²) in [4.78, 5) is 2.79. The minimum atomic E-state index is 0.499. The summed E-state index contributed by atoms with van der Waals surface area (Å²) in [5.74, 6) is 1.90. The van der Waals surface area contributed by atoms with Crippen molar-refractivity contribution < 1.29 is 0 Å². The second-order valence-corrected chi connectivity index (χ2v) is 6.58. The molecule has 2 saturated carbocycles. The third kappa shape index (κ3) is 2.85. The van der Waals surface area contributed by atoms with Gasteiger partial charge in [-0.15, -0.1) is 0 Å². The fraction of sp³-hybridized carbons (Fsp3) is 1.00. The van der Waals surface area contributed by atoms with E-state index in [2.05, 4.69) is 4.90 Å². The zero-order valence-corrected chi connectivity index (χ0v) is 11.1. The number of likely N-dealkylation sites (tertiary alicyclic amines) is 1. The van der Waals surface area contributed by atoms with Crippen LogP contribution in [0.15, 0.2) is 0 Å². The van der Waals surface area contributed by atoms with Crippen LogP contribution in [0.1, 0.15) is 57.8 Å². The molecule has 1 aliphatic heterocycles. The molecule has 98 valence electrons. The predicted octanol–water partition coefficient (Wildman–Crippen LogP) is 2.77. The standard InChI is InChI=1S/C15H28N2/c16-14(12-7-8-12)9-11-17-10-3-5-13-4-1-2-6-15(13)17/h12-15H,1-11,16H2/t13-,14?,15-/m1/s1. The Morgan fingerprint density at radius 2 is 1.76 bits per heavy atom. The van der Waals surface area contributed by atoms with Crippen molar-refractivity contribution >= 4 is 0 Å². The van der Waals surface area contributed by atoms with Crippen LogP contribution in [0.3, 0.4) is 0 Å². The topological polar surface area (TPSA) is 29.3 Å². The van der Waals surface area contributed by atoms with Gasteiger partial charge in [0.25, 0.3) is 0 Å². The molecule has 0 spiro atoms. The molecule has 3 atom stereocenters. The number of rotatable bonds is 4. The average Bonchev–Trinajstić information content (AvgIpc) is 3.20. The third-order valence-electron chi connectivity index (χ3n) is 5.34. The molecule has 0 aromatic heterocycles. The molecule has 0 aromatic rings. The van der Waals surface area contributed by atoms with Gasteiger partial charge in [0.2, 0.25) is 0 Å². The van der Waals surface area contributed by atoms with Gasteiger partial charge < -0.3 is 10.6 Å². The zero-order chi connectivity index (χ0) is 11.7. The second kappa shape index (κ2) is 5.27. The first-order valence-corrected chi connectivity index (χ1v) is 7.84. The van der Waals surface area contributed by atoms with E-state index in [1.807, 2.05) is 0 Å². The molecule has 1 saturated heterocycles. The van der Waals surface area contributed by atoms with Crippen LogP contribution in [0.25, 0.3) is 0 Å². The normalized spacial score (nSPS) is 36.5. The summed E-state index contributed by atoms with van der Waals surface area (Å²) >= 11 is 0. The molecule has 3 aliphatic rings. The summed E-state index contributed by atoms with van der Waals surface area (Å²) in [6, 6.07) is 1.42. The summed E-state index contributed by atoms with van der Waals surface area (Å²) in [5, 5.41) is 0. The lowest BCUT2D eigenvalue weighted by atomic mass is 9.78. The van der Waals surface area contributed by atoms with E-state index in [1.54, 1.807) is 0 Å². The Bertz CT molecular complexity index is 247. The lowest BCUT2D eigenvalue weighted by Gasteiger charge is -2.44. The fourth-order valence-electron chi connectivity index (χ4n) is 4.08. The highest BCUT2D eigenvalue weighted by Crippen LogP contribution is 2.36. The van der Waals surface area contributed by atoms with Crippen LogP contribution in [0, 0.1) is 11.8 Å². The Morgan fingerprint density at radius 1 is 1.00 bits per heavy atom. The van der Waals surface area contributed by atoms with Crippen LogP contribution in [0.4, 0.5) is 0 Å². The molecule has 1 heterocycles. The first-order valence-electron chi connectivity index (χ1n) is 7.84. The Hall–Kier alpha value is -0.0800. The fourth-order valence-corrected chi connectivity index (χ4v) is 4.08. The van der Waals surface area contributed by atoms with Gasteiger partial charge in [-0.25, -0.2) is 0 Å². The van der Waals surface area contributed by atoms with Gasteiger partial charge in [-0.3, -0.25) is 0 Å². The van der Waals surface area contributed by atoms with E-state index in [0.29, 0.717) is 6.04 Å².